The molecule has 0 radical (unpaired) electrons. The van der Waals surface area contributed by atoms with Gasteiger partial charge in [0.15, 0.2) is 0 Å². The third-order valence-corrected chi connectivity index (χ3v) is 1.92. The Bertz CT molecular complexity index is 129. The zero-order valence-electron chi connectivity index (χ0n) is 11.2. The number of ether oxygens (including phenoxy) is 6. The van der Waals surface area contributed by atoms with Gasteiger partial charge in [-0.1, -0.05) is 0 Å². The molecule has 0 aromatic heterocycles. The summed E-state index contributed by atoms with van der Waals surface area (Å²) < 4.78 is 30.4. The maximum atomic E-state index is 5.30. The molecule has 6 heteroatoms. The lowest BCUT2D eigenvalue weighted by Crippen LogP contribution is -2.13. The minimum Gasteiger partial charge on any atom is -0.382 e. The fraction of sp³-hybridized carbons (Fsp3) is 0.917. The van der Waals surface area contributed by atoms with E-state index < -0.39 is 0 Å². The smallest absolute Gasteiger partial charge is 0.213 e. The molecule has 0 aliphatic rings. The van der Waals surface area contributed by atoms with Gasteiger partial charge in [-0.05, 0) is 0 Å². The Morgan fingerprint density at radius 2 is 0.889 bits per heavy atom. The Labute approximate surface area is 109 Å². The average Bonchev–Trinajstić information content (AvgIpc) is 2.39. The highest BCUT2D eigenvalue weighted by molar-refractivity contribution is 4.35. The molecule has 0 amide bonds. The van der Waals surface area contributed by atoms with Crippen molar-refractivity contribution in [2.75, 3.05) is 73.2 Å². The Balaban J connectivity index is 2.86. The van der Waals surface area contributed by atoms with Crippen molar-refractivity contribution in [2.24, 2.45) is 0 Å². The molecule has 0 atom stereocenters. The van der Waals surface area contributed by atoms with Crippen molar-refractivity contribution in [1.82, 2.24) is 0 Å². The average molecular weight is 265 g/mol. The Morgan fingerprint density at radius 3 is 1.22 bits per heavy atom. The standard InChI is InChI=1S/C12H25O6/c1-13-3-5-15-7-9-17-11-12-18-10-8-16-6-4-14-2/h1,3-12H2,2H3/q+1. The zero-order valence-corrected chi connectivity index (χ0v) is 11.2. The van der Waals surface area contributed by atoms with E-state index in [0.717, 1.165) is 0 Å². The van der Waals surface area contributed by atoms with Crippen LogP contribution in [0.1, 0.15) is 0 Å². The van der Waals surface area contributed by atoms with E-state index >= 15 is 0 Å². The molecule has 0 rings (SSSR count). The molecule has 18 heavy (non-hydrogen) atoms. The monoisotopic (exact) mass is 265 g/mol. The van der Waals surface area contributed by atoms with Gasteiger partial charge in [-0.15, -0.1) is 0 Å². The quantitative estimate of drug-likeness (QED) is 0.318. The summed E-state index contributed by atoms with van der Waals surface area (Å²) in [6, 6.07) is 0. The molecule has 0 saturated carbocycles. The molecule has 0 spiro atoms. The highest BCUT2D eigenvalue weighted by Crippen LogP contribution is 1.83. The zero-order chi connectivity index (χ0) is 13.3. The van der Waals surface area contributed by atoms with Gasteiger partial charge in [0, 0.05) is 7.11 Å². The van der Waals surface area contributed by atoms with Gasteiger partial charge in [-0.3, -0.25) is 0 Å². The van der Waals surface area contributed by atoms with Crippen LogP contribution in [0.25, 0.3) is 0 Å². The largest absolute Gasteiger partial charge is 0.382 e. The van der Waals surface area contributed by atoms with Crippen LogP contribution in [-0.4, -0.2) is 73.2 Å². The molecule has 0 bridgehead atoms. The van der Waals surface area contributed by atoms with Crippen LogP contribution >= 0.6 is 0 Å². The lowest BCUT2D eigenvalue weighted by molar-refractivity contribution is -0.0111. The summed E-state index contributed by atoms with van der Waals surface area (Å²) in [4.78, 5) is 0. The van der Waals surface area contributed by atoms with Crippen molar-refractivity contribution < 1.29 is 28.4 Å². The van der Waals surface area contributed by atoms with Crippen LogP contribution in [-0.2, 0) is 28.4 Å². The first-order valence-electron chi connectivity index (χ1n) is 6.08. The van der Waals surface area contributed by atoms with Crippen LogP contribution in [0.3, 0.4) is 0 Å². The van der Waals surface area contributed by atoms with Crippen molar-refractivity contribution >= 4 is 0 Å². The number of hydrogen-bond acceptors (Lipinski definition) is 6. The number of methoxy groups -OCH3 is 1. The van der Waals surface area contributed by atoms with E-state index in [2.05, 4.69) is 11.8 Å². The third kappa shape index (κ3) is 15.6. The topological polar surface area (TPSA) is 55.4 Å². The summed E-state index contributed by atoms with van der Waals surface area (Å²) in [5.41, 5.74) is 0. The summed E-state index contributed by atoms with van der Waals surface area (Å²) in [6.07, 6.45) is 0. The molecule has 0 aliphatic heterocycles. The van der Waals surface area contributed by atoms with Gasteiger partial charge in [-0.2, -0.15) is 4.74 Å². The minimum atomic E-state index is 0.506. The van der Waals surface area contributed by atoms with E-state index in [-0.39, 0.29) is 0 Å². The molecule has 0 aromatic carbocycles. The van der Waals surface area contributed by atoms with Crippen molar-refractivity contribution in [3.05, 3.63) is 7.11 Å². The SMILES string of the molecule is [CH2+]OCCOCCOCCOCCOCCOC. The Hall–Kier alpha value is -0.370. The second-order valence-electron chi connectivity index (χ2n) is 3.35. The van der Waals surface area contributed by atoms with Gasteiger partial charge < -0.3 is 23.7 Å². The fourth-order valence-electron chi connectivity index (χ4n) is 1.02. The maximum Gasteiger partial charge on any atom is 0.213 e. The molecule has 0 heterocycles. The van der Waals surface area contributed by atoms with E-state index in [4.69, 9.17) is 23.7 Å². The first-order chi connectivity index (χ1) is 8.91. The molecule has 6 nitrogen and oxygen atoms in total. The maximum absolute atomic E-state index is 5.30. The summed E-state index contributed by atoms with van der Waals surface area (Å²) in [5, 5.41) is 0. The number of hydrogen-bond donors (Lipinski definition) is 0. The van der Waals surface area contributed by atoms with Gasteiger partial charge in [0.2, 0.25) is 7.11 Å². The summed E-state index contributed by atoms with van der Waals surface area (Å²) in [5.74, 6) is 0. The Kier molecular flexibility index (Phi) is 16.3. The number of rotatable bonds is 15. The van der Waals surface area contributed by atoms with Gasteiger partial charge in [0.05, 0.1) is 59.5 Å². The summed E-state index contributed by atoms with van der Waals surface area (Å²) in [7, 11) is 4.89. The first-order valence-corrected chi connectivity index (χ1v) is 6.08. The van der Waals surface area contributed by atoms with Gasteiger partial charge in [-0.25, -0.2) is 0 Å². The molecule has 108 valence electrons. The molecule has 0 saturated heterocycles. The van der Waals surface area contributed by atoms with E-state index in [1.165, 1.54) is 0 Å². The molecular weight excluding hydrogens is 240 g/mol. The second-order valence-corrected chi connectivity index (χ2v) is 3.35. The first kappa shape index (κ1) is 17.6. The van der Waals surface area contributed by atoms with Crippen molar-refractivity contribution in [3.8, 4) is 0 Å². The lowest BCUT2D eigenvalue weighted by Gasteiger charge is -2.06. The third-order valence-electron chi connectivity index (χ3n) is 1.92. The van der Waals surface area contributed by atoms with Crippen LogP contribution in [0, 0.1) is 7.11 Å². The molecular formula is C12H25O6+. The van der Waals surface area contributed by atoms with Crippen LogP contribution in [0.5, 0.6) is 0 Å². The molecule has 0 N–H and O–H groups in total. The Morgan fingerprint density at radius 1 is 0.556 bits per heavy atom. The van der Waals surface area contributed by atoms with E-state index in [1.54, 1.807) is 7.11 Å². The van der Waals surface area contributed by atoms with E-state index in [0.29, 0.717) is 66.1 Å². The van der Waals surface area contributed by atoms with Crippen LogP contribution in [0.15, 0.2) is 0 Å². The predicted octanol–water partition coefficient (Wildman–Crippen LogP) is 0.507. The van der Waals surface area contributed by atoms with Crippen molar-refractivity contribution in [2.45, 2.75) is 0 Å². The molecule has 0 unspecified atom stereocenters. The summed E-state index contributed by atoms with van der Waals surface area (Å²) >= 11 is 0. The van der Waals surface area contributed by atoms with Crippen molar-refractivity contribution in [3.63, 3.8) is 0 Å². The van der Waals surface area contributed by atoms with Crippen LogP contribution in [0.4, 0.5) is 0 Å². The highest BCUT2D eigenvalue weighted by atomic mass is 16.6. The van der Waals surface area contributed by atoms with Gasteiger partial charge >= 0.3 is 0 Å². The lowest BCUT2D eigenvalue weighted by atomic mass is 10.7. The van der Waals surface area contributed by atoms with Gasteiger partial charge in [0.25, 0.3) is 0 Å². The molecule has 0 fully saturated rings. The van der Waals surface area contributed by atoms with Gasteiger partial charge in [0.1, 0.15) is 6.61 Å². The van der Waals surface area contributed by atoms with Crippen LogP contribution in [0.2, 0.25) is 0 Å². The second kappa shape index (κ2) is 16.6. The normalized spacial score (nSPS) is 10.9. The van der Waals surface area contributed by atoms with Crippen LogP contribution < -0.4 is 0 Å². The fourth-order valence-corrected chi connectivity index (χ4v) is 1.02. The van der Waals surface area contributed by atoms with Crippen molar-refractivity contribution in [1.29, 1.82) is 0 Å². The highest BCUT2D eigenvalue weighted by Gasteiger charge is 1.93. The molecule has 0 aliphatic carbocycles. The van der Waals surface area contributed by atoms with E-state index in [1.807, 2.05) is 0 Å². The predicted molar refractivity (Wildman–Crippen MR) is 66.5 cm³/mol. The summed E-state index contributed by atoms with van der Waals surface area (Å²) in [6.45, 7) is 5.67. The minimum absolute atomic E-state index is 0.506. The molecule has 0 aromatic rings. The van der Waals surface area contributed by atoms with E-state index in [9.17, 15) is 0 Å².